The summed E-state index contributed by atoms with van der Waals surface area (Å²) in [5.74, 6) is 0.691. The van der Waals surface area contributed by atoms with Gasteiger partial charge in [-0.15, -0.1) is 0 Å². The Bertz CT molecular complexity index is 94.9. The van der Waals surface area contributed by atoms with Crippen LogP contribution in [0.3, 0.4) is 0 Å². The van der Waals surface area contributed by atoms with Gasteiger partial charge in [0.25, 0.3) is 0 Å². The summed E-state index contributed by atoms with van der Waals surface area (Å²) in [6.07, 6.45) is 6.67. The highest BCUT2D eigenvalue weighted by molar-refractivity contribution is 4.83. The number of hydrogen-bond donors (Lipinski definition) is 1. The molecule has 1 heteroatoms. The molecule has 0 saturated heterocycles. The summed E-state index contributed by atoms with van der Waals surface area (Å²) in [5, 5.41) is 0. The van der Waals surface area contributed by atoms with Gasteiger partial charge in [-0.1, -0.05) is 19.1 Å². The van der Waals surface area contributed by atoms with Crippen LogP contribution in [0.25, 0.3) is 0 Å². The van der Waals surface area contributed by atoms with Gasteiger partial charge in [0.2, 0.25) is 0 Å². The van der Waals surface area contributed by atoms with E-state index in [9.17, 15) is 0 Å². The van der Waals surface area contributed by atoms with Crippen LogP contribution in [0.4, 0.5) is 0 Å². The number of hydrogen-bond acceptors (Lipinski definition) is 1. The predicted molar refractivity (Wildman–Crippen MR) is 46.9 cm³/mol. The van der Waals surface area contributed by atoms with Gasteiger partial charge in [0.15, 0.2) is 0 Å². The van der Waals surface area contributed by atoms with Crippen LogP contribution in [-0.4, -0.2) is 6.04 Å². The molecular formula is C9H19N. The first-order valence-electron chi connectivity index (χ1n) is 4.05. The summed E-state index contributed by atoms with van der Waals surface area (Å²) in [4.78, 5) is 0. The summed E-state index contributed by atoms with van der Waals surface area (Å²) in [7, 11) is 0. The highest BCUT2D eigenvalue weighted by Gasteiger charge is 1.98. The largest absolute Gasteiger partial charge is 0.328 e. The lowest BCUT2D eigenvalue weighted by molar-refractivity contribution is 0.549. The Morgan fingerprint density at radius 2 is 1.90 bits per heavy atom. The minimum Gasteiger partial charge on any atom is -0.328 e. The molecule has 60 valence electrons. The quantitative estimate of drug-likeness (QED) is 0.597. The molecule has 0 radical (unpaired) electrons. The lowest BCUT2D eigenvalue weighted by atomic mass is 10.0. The molecule has 2 N–H and O–H groups in total. The van der Waals surface area contributed by atoms with Crippen LogP contribution in [0.1, 0.15) is 33.6 Å². The van der Waals surface area contributed by atoms with Crippen LogP contribution in [0.5, 0.6) is 0 Å². The molecule has 0 aromatic rings. The van der Waals surface area contributed by atoms with E-state index >= 15 is 0 Å². The van der Waals surface area contributed by atoms with E-state index < -0.39 is 0 Å². The Hall–Kier alpha value is -0.300. The topological polar surface area (TPSA) is 26.0 Å². The molecule has 0 heterocycles. The van der Waals surface area contributed by atoms with E-state index in [1.807, 2.05) is 0 Å². The van der Waals surface area contributed by atoms with Crippen molar-refractivity contribution in [2.45, 2.75) is 39.7 Å². The van der Waals surface area contributed by atoms with Gasteiger partial charge in [0.1, 0.15) is 0 Å². The first kappa shape index (κ1) is 9.70. The maximum Gasteiger partial charge on any atom is 0.00106 e. The second-order valence-electron chi connectivity index (χ2n) is 3.06. The fraction of sp³-hybridized carbons (Fsp3) is 0.778. The molecule has 0 aliphatic carbocycles. The van der Waals surface area contributed by atoms with E-state index in [4.69, 9.17) is 5.73 Å². The molecule has 0 aromatic carbocycles. The van der Waals surface area contributed by atoms with E-state index in [2.05, 4.69) is 32.9 Å². The third-order valence-corrected chi connectivity index (χ3v) is 1.60. The van der Waals surface area contributed by atoms with Gasteiger partial charge < -0.3 is 5.73 Å². The van der Waals surface area contributed by atoms with Crippen molar-refractivity contribution in [3.63, 3.8) is 0 Å². The number of nitrogens with two attached hydrogens (primary N) is 1. The third kappa shape index (κ3) is 5.83. The van der Waals surface area contributed by atoms with Crippen LogP contribution in [0.15, 0.2) is 12.2 Å². The van der Waals surface area contributed by atoms with E-state index in [0.717, 1.165) is 6.42 Å². The zero-order chi connectivity index (χ0) is 7.98. The fourth-order valence-electron chi connectivity index (χ4n) is 0.951. The minimum atomic E-state index is 0.354. The number of rotatable bonds is 4. The monoisotopic (exact) mass is 141 g/mol. The lowest BCUT2D eigenvalue weighted by Crippen LogP contribution is -2.15. The summed E-state index contributed by atoms with van der Waals surface area (Å²) in [5.41, 5.74) is 5.61. The molecule has 10 heavy (non-hydrogen) atoms. The smallest absolute Gasteiger partial charge is 0.00106 e. The molecule has 0 aromatic heterocycles. The van der Waals surface area contributed by atoms with Crippen molar-refractivity contribution < 1.29 is 0 Å². The van der Waals surface area contributed by atoms with Crippen LogP contribution < -0.4 is 5.73 Å². The lowest BCUT2D eigenvalue weighted by Gasteiger charge is -2.07. The Kier molecular flexibility index (Phi) is 5.32. The third-order valence-electron chi connectivity index (χ3n) is 1.60. The summed E-state index contributed by atoms with van der Waals surface area (Å²) in [6, 6.07) is 0.354. The molecule has 0 fully saturated rings. The molecule has 0 bridgehead atoms. The maximum absolute atomic E-state index is 5.61. The highest BCUT2D eigenvalue weighted by atomic mass is 14.6. The average molecular weight is 141 g/mol. The Balaban J connectivity index is 3.30. The molecule has 1 unspecified atom stereocenters. The Morgan fingerprint density at radius 1 is 1.30 bits per heavy atom. The second kappa shape index (κ2) is 5.48. The minimum absolute atomic E-state index is 0.354. The van der Waals surface area contributed by atoms with Crippen molar-refractivity contribution in [3.05, 3.63) is 12.2 Å². The first-order valence-corrected chi connectivity index (χ1v) is 4.05. The van der Waals surface area contributed by atoms with Crippen molar-refractivity contribution in [2.24, 2.45) is 11.7 Å². The molecule has 0 rings (SSSR count). The predicted octanol–water partition coefficient (Wildman–Crippen LogP) is 2.33. The Labute approximate surface area is 64.3 Å². The standard InChI is InChI=1S/C9H19N/c1-4-5-8(2)6-7-9(3)10/h4-5,8-9H,6-7,10H2,1-3H3/b5-4+/t8-,9?/m0/s1. The van der Waals surface area contributed by atoms with Gasteiger partial charge in [-0.25, -0.2) is 0 Å². The van der Waals surface area contributed by atoms with Crippen molar-refractivity contribution in [3.8, 4) is 0 Å². The van der Waals surface area contributed by atoms with Gasteiger partial charge in [-0.2, -0.15) is 0 Å². The molecule has 1 nitrogen and oxygen atoms in total. The number of allylic oxidation sites excluding steroid dienone is 2. The van der Waals surface area contributed by atoms with Crippen LogP contribution >= 0.6 is 0 Å². The fourth-order valence-corrected chi connectivity index (χ4v) is 0.951. The van der Waals surface area contributed by atoms with Crippen LogP contribution in [0, 0.1) is 5.92 Å². The van der Waals surface area contributed by atoms with Crippen molar-refractivity contribution in [1.29, 1.82) is 0 Å². The van der Waals surface area contributed by atoms with Gasteiger partial charge in [0, 0.05) is 6.04 Å². The van der Waals surface area contributed by atoms with Gasteiger partial charge in [-0.3, -0.25) is 0 Å². The molecular weight excluding hydrogens is 122 g/mol. The SMILES string of the molecule is C/C=C/[C@H](C)CCC(C)N. The second-order valence-corrected chi connectivity index (χ2v) is 3.06. The van der Waals surface area contributed by atoms with Crippen molar-refractivity contribution in [1.82, 2.24) is 0 Å². The van der Waals surface area contributed by atoms with Gasteiger partial charge in [0.05, 0.1) is 0 Å². The average Bonchev–Trinajstić information content (AvgIpc) is 1.85. The summed E-state index contributed by atoms with van der Waals surface area (Å²) >= 11 is 0. The van der Waals surface area contributed by atoms with Crippen LogP contribution in [-0.2, 0) is 0 Å². The molecule has 0 aliphatic heterocycles. The molecule has 2 atom stereocenters. The molecule has 0 saturated carbocycles. The first-order chi connectivity index (χ1) is 4.66. The van der Waals surface area contributed by atoms with Gasteiger partial charge in [-0.05, 0) is 32.6 Å². The van der Waals surface area contributed by atoms with Crippen LogP contribution in [0.2, 0.25) is 0 Å². The highest BCUT2D eigenvalue weighted by Crippen LogP contribution is 2.07. The van der Waals surface area contributed by atoms with E-state index in [-0.39, 0.29) is 0 Å². The summed E-state index contributed by atoms with van der Waals surface area (Å²) in [6.45, 7) is 6.34. The van der Waals surface area contributed by atoms with E-state index in [0.29, 0.717) is 12.0 Å². The van der Waals surface area contributed by atoms with E-state index in [1.165, 1.54) is 6.42 Å². The van der Waals surface area contributed by atoms with Gasteiger partial charge >= 0.3 is 0 Å². The van der Waals surface area contributed by atoms with Crippen molar-refractivity contribution in [2.75, 3.05) is 0 Å². The van der Waals surface area contributed by atoms with Crippen molar-refractivity contribution >= 4 is 0 Å². The molecule has 0 aliphatic rings. The Morgan fingerprint density at radius 3 is 2.30 bits per heavy atom. The zero-order valence-corrected chi connectivity index (χ0v) is 7.30. The molecule has 0 amide bonds. The summed E-state index contributed by atoms with van der Waals surface area (Å²) < 4.78 is 0. The maximum atomic E-state index is 5.61. The normalized spacial score (nSPS) is 17.6. The zero-order valence-electron chi connectivity index (χ0n) is 7.30. The van der Waals surface area contributed by atoms with E-state index in [1.54, 1.807) is 0 Å². The molecule has 0 spiro atoms.